The molecule has 1 amide bonds. The van der Waals surface area contributed by atoms with Gasteiger partial charge in [0.2, 0.25) is 5.91 Å². The maximum atomic E-state index is 11.8. The number of nitrogens with one attached hydrogen (secondary N) is 1. The lowest BCUT2D eigenvalue weighted by Gasteiger charge is -2.17. The first-order valence-electron chi connectivity index (χ1n) is 7.71. The van der Waals surface area contributed by atoms with E-state index in [9.17, 15) is 4.79 Å². The summed E-state index contributed by atoms with van der Waals surface area (Å²) in [4.78, 5) is 13.8. The summed E-state index contributed by atoms with van der Waals surface area (Å²) in [6.45, 7) is 6.67. The molecule has 0 bridgehead atoms. The van der Waals surface area contributed by atoms with Gasteiger partial charge >= 0.3 is 0 Å². The van der Waals surface area contributed by atoms with Crippen molar-refractivity contribution in [2.24, 2.45) is 0 Å². The highest BCUT2D eigenvalue weighted by Crippen LogP contribution is 2.18. The zero-order valence-electron chi connectivity index (χ0n) is 13.5. The van der Waals surface area contributed by atoms with Gasteiger partial charge in [0.25, 0.3) is 0 Å². The smallest absolute Gasteiger partial charge is 0.234 e. The van der Waals surface area contributed by atoms with Crippen molar-refractivity contribution in [3.05, 3.63) is 29.0 Å². The van der Waals surface area contributed by atoms with Gasteiger partial charge in [-0.25, -0.2) is 0 Å². The Balaban J connectivity index is 2.19. The molecule has 120 valence electrons. The van der Waals surface area contributed by atoms with Gasteiger partial charge in [-0.3, -0.25) is 9.69 Å². The molecule has 0 fully saturated rings. The Morgan fingerprint density at radius 1 is 1.23 bits per heavy atom. The van der Waals surface area contributed by atoms with E-state index in [0.717, 1.165) is 35.3 Å². The Hall–Kier alpha value is -1.66. The van der Waals surface area contributed by atoms with Gasteiger partial charge in [0.1, 0.15) is 0 Å². The number of nitrogens with zero attached hydrogens (tertiary/aromatic N) is 3. The van der Waals surface area contributed by atoms with E-state index in [0.29, 0.717) is 13.2 Å². The van der Waals surface area contributed by atoms with Gasteiger partial charge in [-0.1, -0.05) is 19.1 Å². The van der Waals surface area contributed by atoms with Crippen LogP contribution < -0.4 is 5.32 Å². The number of hydrogen-bond donors (Lipinski definition) is 1. The summed E-state index contributed by atoms with van der Waals surface area (Å²) in [7, 11) is 1.94. The number of carbonyl (C=O) groups is 1. The topological polar surface area (TPSA) is 42.2 Å². The minimum atomic E-state index is 0.0510. The Bertz CT molecular complexity index is 704. The van der Waals surface area contributed by atoms with Crippen LogP contribution in [0.25, 0.3) is 11.0 Å². The molecule has 0 saturated carbocycles. The number of fused-ring (bicyclic) bond motifs is 1. The number of hydrogen-bond acceptors (Lipinski definition) is 3. The van der Waals surface area contributed by atoms with Crippen LogP contribution in [0, 0.1) is 4.77 Å². The van der Waals surface area contributed by atoms with Crippen molar-refractivity contribution in [1.29, 1.82) is 0 Å². The molecule has 1 N–H and O–H groups in total. The van der Waals surface area contributed by atoms with Crippen molar-refractivity contribution < 1.29 is 4.79 Å². The number of carbonyl (C=O) groups excluding carboxylic acids is 1. The van der Waals surface area contributed by atoms with E-state index in [4.69, 9.17) is 12.2 Å². The van der Waals surface area contributed by atoms with Crippen molar-refractivity contribution in [3.63, 3.8) is 0 Å². The number of rotatable bonds is 7. The van der Waals surface area contributed by atoms with Gasteiger partial charge in [0.15, 0.2) is 4.77 Å². The molecule has 1 aromatic heterocycles. The molecule has 1 heterocycles. The second-order valence-electron chi connectivity index (χ2n) is 5.45. The summed E-state index contributed by atoms with van der Waals surface area (Å²) < 4.78 is 5.00. The van der Waals surface area contributed by atoms with Crippen molar-refractivity contribution in [3.8, 4) is 0 Å². The van der Waals surface area contributed by atoms with Crippen LogP contribution >= 0.6 is 12.2 Å². The van der Waals surface area contributed by atoms with Crippen LogP contribution in [0.4, 0.5) is 0 Å². The monoisotopic (exact) mass is 320 g/mol. The molecular formula is C16H24N4OS. The first-order chi connectivity index (χ1) is 10.6. The Morgan fingerprint density at radius 2 is 1.86 bits per heavy atom. The second-order valence-corrected chi connectivity index (χ2v) is 5.81. The lowest BCUT2D eigenvalue weighted by molar-refractivity contribution is -0.122. The van der Waals surface area contributed by atoms with Crippen molar-refractivity contribution >= 4 is 29.2 Å². The van der Waals surface area contributed by atoms with Crippen LogP contribution in [-0.2, 0) is 18.0 Å². The maximum Gasteiger partial charge on any atom is 0.234 e. The number of likely N-dealkylation sites (N-methyl/N-ethyl adjacent to an activating group) is 1. The highest BCUT2D eigenvalue weighted by Gasteiger charge is 2.12. The predicted octanol–water partition coefficient (Wildman–Crippen LogP) is 2.61. The average molecular weight is 320 g/mol. The van der Waals surface area contributed by atoms with Crippen LogP contribution in [0.2, 0.25) is 0 Å². The van der Waals surface area contributed by atoms with Gasteiger partial charge in [-0.2, -0.15) is 0 Å². The van der Waals surface area contributed by atoms with Crippen LogP contribution in [0.1, 0.15) is 20.3 Å². The highest BCUT2D eigenvalue weighted by atomic mass is 32.1. The fourth-order valence-corrected chi connectivity index (χ4v) is 2.96. The largest absolute Gasteiger partial charge is 0.355 e. The quantitative estimate of drug-likeness (QED) is 0.798. The van der Waals surface area contributed by atoms with Gasteiger partial charge in [0, 0.05) is 13.1 Å². The lowest BCUT2D eigenvalue weighted by atomic mass is 10.3. The molecule has 22 heavy (non-hydrogen) atoms. The third-order valence-corrected chi connectivity index (χ3v) is 4.05. The van der Waals surface area contributed by atoms with E-state index < -0.39 is 0 Å². The van der Waals surface area contributed by atoms with E-state index in [-0.39, 0.29) is 5.91 Å². The van der Waals surface area contributed by atoms with Crippen LogP contribution in [0.15, 0.2) is 24.3 Å². The predicted molar refractivity (Wildman–Crippen MR) is 92.4 cm³/mol. The molecule has 6 heteroatoms. The van der Waals surface area contributed by atoms with E-state index in [1.165, 1.54) is 0 Å². The number of aryl methyl sites for hydroxylation is 1. The van der Waals surface area contributed by atoms with Gasteiger partial charge in [-0.15, -0.1) is 0 Å². The molecule has 2 aromatic rings. The third kappa shape index (κ3) is 3.56. The molecule has 0 atom stereocenters. The third-order valence-electron chi connectivity index (χ3n) is 3.61. The number of para-hydroxylation sites is 2. The molecule has 0 saturated heterocycles. The van der Waals surface area contributed by atoms with Gasteiger partial charge in [0.05, 0.1) is 24.2 Å². The second kappa shape index (κ2) is 7.56. The normalized spacial score (nSPS) is 11.3. The standard InChI is InChI=1S/C16H24N4OS/c1-4-10-17-15(21)11-18(3)12-20-14-9-7-6-8-13(14)19(5-2)16(20)22/h6-9H,4-5,10-12H2,1-3H3,(H,17,21). The van der Waals surface area contributed by atoms with Crippen LogP contribution in [0.3, 0.4) is 0 Å². The summed E-state index contributed by atoms with van der Waals surface area (Å²) in [6, 6.07) is 8.19. The van der Waals surface area contributed by atoms with E-state index in [2.05, 4.69) is 33.5 Å². The minimum Gasteiger partial charge on any atom is -0.355 e. The molecule has 0 unspecified atom stereocenters. The van der Waals surface area contributed by atoms with Crippen LogP contribution in [0.5, 0.6) is 0 Å². The molecule has 0 aliphatic rings. The molecule has 2 rings (SSSR count). The van der Waals surface area contributed by atoms with Gasteiger partial charge < -0.3 is 14.5 Å². The summed E-state index contributed by atoms with van der Waals surface area (Å²) in [5, 5.41) is 2.90. The fourth-order valence-electron chi connectivity index (χ4n) is 2.57. The molecule has 5 nitrogen and oxygen atoms in total. The van der Waals surface area contributed by atoms with Crippen molar-refractivity contribution in [2.75, 3.05) is 20.1 Å². The molecule has 0 spiro atoms. The Labute approximate surface area is 136 Å². The van der Waals surface area contributed by atoms with E-state index in [1.807, 2.05) is 31.0 Å². The van der Waals surface area contributed by atoms with Gasteiger partial charge in [-0.05, 0) is 44.7 Å². The summed E-state index contributed by atoms with van der Waals surface area (Å²) in [5.41, 5.74) is 2.24. The zero-order chi connectivity index (χ0) is 16.1. The summed E-state index contributed by atoms with van der Waals surface area (Å²) in [5.74, 6) is 0.0510. The lowest BCUT2D eigenvalue weighted by Crippen LogP contribution is -2.36. The Morgan fingerprint density at radius 3 is 2.45 bits per heavy atom. The molecule has 0 aliphatic heterocycles. The van der Waals surface area contributed by atoms with Crippen LogP contribution in [-0.4, -0.2) is 40.1 Å². The first-order valence-corrected chi connectivity index (χ1v) is 8.12. The highest BCUT2D eigenvalue weighted by molar-refractivity contribution is 7.71. The number of benzene rings is 1. The zero-order valence-corrected chi connectivity index (χ0v) is 14.3. The maximum absolute atomic E-state index is 11.8. The fraction of sp³-hybridized carbons (Fsp3) is 0.500. The molecule has 1 aromatic carbocycles. The Kier molecular flexibility index (Phi) is 5.74. The minimum absolute atomic E-state index is 0.0510. The number of aromatic nitrogens is 2. The van der Waals surface area contributed by atoms with E-state index in [1.54, 1.807) is 0 Å². The first kappa shape index (κ1) is 16.7. The SMILES string of the molecule is CCCNC(=O)CN(C)Cn1c(=S)n(CC)c2ccccc21. The molecule has 0 aliphatic carbocycles. The molecule has 0 radical (unpaired) electrons. The number of imidazole rings is 1. The average Bonchev–Trinajstić information content (AvgIpc) is 2.77. The number of amides is 1. The summed E-state index contributed by atoms with van der Waals surface area (Å²) >= 11 is 5.59. The molecular weight excluding hydrogens is 296 g/mol. The van der Waals surface area contributed by atoms with Crippen molar-refractivity contribution in [2.45, 2.75) is 33.5 Å². The summed E-state index contributed by atoms with van der Waals surface area (Å²) in [6.07, 6.45) is 0.949. The van der Waals surface area contributed by atoms with E-state index >= 15 is 0 Å². The van der Waals surface area contributed by atoms with Crippen molar-refractivity contribution in [1.82, 2.24) is 19.4 Å².